The Morgan fingerprint density at radius 3 is 2.67 bits per heavy atom. The van der Waals surface area contributed by atoms with E-state index < -0.39 is 0 Å². The van der Waals surface area contributed by atoms with Crippen LogP contribution in [0.1, 0.15) is 16.3 Å². The van der Waals surface area contributed by atoms with Crippen LogP contribution in [-0.4, -0.2) is 14.5 Å². The van der Waals surface area contributed by atoms with Crippen LogP contribution < -0.4 is 5.56 Å². The smallest absolute Gasteiger partial charge is 0.261 e. The van der Waals surface area contributed by atoms with Gasteiger partial charge in [0, 0.05) is 11.8 Å². The molecule has 0 saturated heterocycles. The fraction of sp³-hybridized carbons (Fsp3) is 0.105. The minimum Gasteiger partial charge on any atom is -0.293 e. The molecule has 0 aliphatic rings. The fourth-order valence-electron chi connectivity index (χ4n) is 2.67. The van der Waals surface area contributed by atoms with Crippen molar-refractivity contribution in [2.75, 3.05) is 0 Å². The van der Waals surface area contributed by atoms with Crippen LogP contribution in [0.3, 0.4) is 0 Å². The molecule has 0 unspecified atom stereocenters. The highest BCUT2D eigenvalue weighted by Crippen LogP contribution is 2.15. The highest BCUT2D eigenvalue weighted by atomic mass is 32.1. The molecular formula is C19H15N3OS. The molecule has 0 fully saturated rings. The first-order chi connectivity index (χ1) is 11.8. The Labute approximate surface area is 143 Å². The zero-order valence-electron chi connectivity index (χ0n) is 12.9. The Balaban J connectivity index is 1.58. The maximum Gasteiger partial charge on any atom is 0.261 e. The van der Waals surface area contributed by atoms with Crippen LogP contribution in [0.15, 0.2) is 71.1 Å². The molecule has 0 saturated carbocycles. The van der Waals surface area contributed by atoms with Crippen molar-refractivity contribution < 1.29 is 0 Å². The van der Waals surface area contributed by atoms with Crippen molar-refractivity contribution in [3.63, 3.8) is 0 Å². The van der Waals surface area contributed by atoms with Crippen LogP contribution in [0.5, 0.6) is 0 Å². The largest absolute Gasteiger partial charge is 0.293 e. The quantitative estimate of drug-likeness (QED) is 0.574. The lowest BCUT2D eigenvalue weighted by Gasteiger charge is -2.04. The minimum atomic E-state index is -0.0294. The zero-order valence-corrected chi connectivity index (χ0v) is 13.7. The van der Waals surface area contributed by atoms with Gasteiger partial charge in [0.25, 0.3) is 5.56 Å². The van der Waals surface area contributed by atoms with Crippen molar-refractivity contribution in [1.82, 2.24) is 14.5 Å². The molecule has 4 nitrogen and oxygen atoms in total. The molecule has 2 heterocycles. The standard InChI is InChI=1S/C19H15N3OS/c23-19-16-8-4-5-9-17(16)20-13-22(19)11-15-12-24-18(21-15)10-14-6-2-1-3-7-14/h1-9,12-13H,10-11H2. The first kappa shape index (κ1) is 14.8. The lowest BCUT2D eigenvalue weighted by atomic mass is 10.2. The predicted octanol–water partition coefficient (Wildman–Crippen LogP) is 3.49. The maximum atomic E-state index is 12.5. The number of hydrogen-bond donors (Lipinski definition) is 0. The van der Waals surface area contributed by atoms with Gasteiger partial charge in [-0.3, -0.25) is 9.36 Å². The molecule has 0 aliphatic heterocycles. The molecule has 2 aromatic carbocycles. The van der Waals surface area contributed by atoms with Gasteiger partial charge in [0.2, 0.25) is 0 Å². The molecule has 0 atom stereocenters. The van der Waals surface area contributed by atoms with Crippen LogP contribution in [0.25, 0.3) is 10.9 Å². The van der Waals surface area contributed by atoms with Gasteiger partial charge in [0.05, 0.1) is 34.5 Å². The first-order valence-electron chi connectivity index (χ1n) is 7.71. The van der Waals surface area contributed by atoms with E-state index in [0.29, 0.717) is 11.9 Å². The highest BCUT2D eigenvalue weighted by Gasteiger charge is 2.07. The van der Waals surface area contributed by atoms with E-state index in [4.69, 9.17) is 0 Å². The second-order valence-electron chi connectivity index (χ2n) is 5.59. The minimum absolute atomic E-state index is 0.0294. The molecule has 0 aliphatic carbocycles. The van der Waals surface area contributed by atoms with Crippen molar-refractivity contribution in [3.05, 3.63) is 92.9 Å². The van der Waals surface area contributed by atoms with Gasteiger partial charge >= 0.3 is 0 Å². The molecule has 0 N–H and O–H groups in total. The summed E-state index contributed by atoms with van der Waals surface area (Å²) in [7, 11) is 0. The Kier molecular flexibility index (Phi) is 3.92. The van der Waals surface area contributed by atoms with Crippen molar-refractivity contribution in [3.8, 4) is 0 Å². The highest BCUT2D eigenvalue weighted by molar-refractivity contribution is 7.09. The lowest BCUT2D eigenvalue weighted by Crippen LogP contribution is -2.21. The number of benzene rings is 2. The second-order valence-corrected chi connectivity index (χ2v) is 6.53. The van der Waals surface area contributed by atoms with Crippen LogP contribution in [-0.2, 0) is 13.0 Å². The van der Waals surface area contributed by atoms with Crippen LogP contribution in [0.4, 0.5) is 0 Å². The number of nitrogens with zero attached hydrogens (tertiary/aromatic N) is 3. The molecule has 24 heavy (non-hydrogen) atoms. The van der Waals surface area contributed by atoms with Gasteiger partial charge in [-0.1, -0.05) is 42.5 Å². The van der Waals surface area contributed by atoms with Crippen LogP contribution in [0.2, 0.25) is 0 Å². The number of rotatable bonds is 4. The third-order valence-electron chi connectivity index (χ3n) is 3.86. The Hall–Kier alpha value is -2.79. The molecule has 118 valence electrons. The number of para-hydroxylation sites is 1. The first-order valence-corrected chi connectivity index (χ1v) is 8.59. The average Bonchev–Trinajstić information content (AvgIpc) is 3.05. The number of hydrogen-bond acceptors (Lipinski definition) is 4. The summed E-state index contributed by atoms with van der Waals surface area (Å²) in [5.41, 5.74) is 2.83. The van der Waals surface area contributed by atoms with E-state index in [1.54, 1.807) is 22.2 Å². The third kappa shape index (κ3) is 2.98. The van der Waals surface area contributed by atoms with Gasteiger partial charge in [-0.25, -0.2) is 9.97 Å². The Morgan fingerprint density at radius 2 is 1.79 bits per heavy atom. The molecule has 4 aromatic rings. The van der Waals surface area contributed by atoms with Crippen molar-refractivity contribution in [2.24, 2.45) is 0 Å². The topological polar surface area (TPSA) is 47.8 Å². The van der Waals surface area contributed by atoms with E-state index in [-0.39, 0.29) is 5.56 Å². The molecule has 4 rings (SSSR count). The van der Waals surface area contributed by atoms with E-state index in [9.17, 15) is 4.79 Å². The maximum absolute atomic E-state index is 12.5. The normalized spacial score (nSPS) is 11.0. The summed E-state index contributed by atoms with van der Waals surface area (Å²) < 4.78 is 1.61. The van der Waals surface area contributed by atoms with E-state index in [1.807, 2.05) is 47.8 Å². The van der Waals surface area contributed by atoms with E-state index >= 15 is 0 Å². The van der Waals surface area contributed by atoms with E-state index in [1.165, 1.54) is 5.56 Å². The van der Waals surface area contributed by atoms with E-state index in [2.05, 4.69) is 22.1 Å². The molecule has 0 spiro atoms. The summed E-state index contributed by atoms with van der Waals surface area (Å²) in [6.45, 7) is 0.446. The summed E-state index contributed by atoms with van der Waals surface area (Å²) in [5, 5.41) is 3.71. The average molecular weight is 333 g/mol. The van der Waals surface area contributed by atoms with Crippen LogP contribution in [0, 0.1) is 0 Å². The molecule has 0 bridgehead atoms. The SMILES string of the molecule is O=c1c2ccccc2ncn1Cc1csc(Cc2ccccc2)n1. The predicted molar refractivity (Wildman–Crippen MR) is 96.5 cm³/mol. The summed E-state index contributed by atoms with van der Waals surface area (Å²) >= 11 is 1.63. The molecule has 0 amide bonds. The fourth-order valence-corrected chi connectivity index (χ4v) is 3.49. The molecular weight excluding hydrogens is 318 g/mol. The van der Waals surface area contributed by atoms with Gasteiger partial charge in [-0.2, -0.15) is 0 Å². The molecule has 2 aromatic heterocycles. The van der Waals surface area contributed by atoms with Gasteiger partial charge in [0.1, 0.15) is 0 Å². The summed E-state index contributed by atoms with van der Waals surface area (Å²) in [6, 6.07) is 17.7. The van der Waals surface area contributed by atoms with Crippen LogP contribution >= 0.6 is 11.3 Å². The van der Waals surface area contributed by atoms with E-state index in [0.717, 1.165) is 22.6 Å². The Morgan fingerprint density at radius 1 is 1.00 bits per heavy atom. The van der Waals surface area contributed by atoms with Crippen molar-refractivity contribution in [2.45, 2.75) is 13.0 Å². The monoisotopic (exact) mass is 333 g/mol. The molecule has 0 radical (unpaired) electrons. The summed E-state index contributed by atoms with van der Waals surface area (Å²) in [5.74, 6) is 0. The second kappa shape index (κ2) is 6.37. The zero-order chi connectivity index (χ0) is 16.4. The number of fused-ring (bicyclic) bond motifs is 1. The number of aromatic nitrogens is 3. The van der Waals surface area contributed by atoms with Gasteiger partial charge < -0.3 is 0 Å². The summed E-state index contributed by atoms with van der Waals surface area (Å²) in [6.07, 6.45) is 2.41. The van der Waals surface area contributed by atoms with Gasteiger partial charge in [-0.05, 0) is 17.7 Å². The van der Waals surface area contributed by atoms with Crippen molar-refractivity contribution >= 4 is 22.2 Å². The Bertz CT molecular complexity index is 1040. The summed E-state index contributed by atoms with van der Waals surface area (Å²) in [4.78, 5) is 21.5. The number of thiazole rings is 1. The van der Waals surface area contributed by atoms with Crippen molar-refractivity contribution in [1.29, 1.82) is 0 Å². The van der Waals surface area contributed by atoms with Gasteiger partial charge in [-0.15, -0.1) is 11.3 Å². The molecule has 5 heteroatoms. The van der Waals surface area contributed by atoms with Gasteiger partial charge in [0.15, 0.2) is 0 Å². The lowest BCUT2D eigenvalue weighted by molar-refractivity contribution is 0.731. The third-order valence-corrected chi connectivity index (χ3v) is 4.76.